The van der Waals surface area contributed by atoms with Crippen LogP contribution < -0.4 is 10.1 Å². The summed E-state index contributed by atoms with van der Waals surface area (Å²) in [5, 5.41) is 3.75. The fourth-order valence-corrected chi connectivity index (χ4v) is 3.88. The molecule has 0 saturated carbocycles. The summed E-state index contributed by atoms with van der Waals surface area (Å²) in [6, 6.07) is 8.54. The Bertz CT molecular complexity index is 785. The Hall–Kier alpha value is -1.28. The van der Waals surface area contributed by atoms with Gasteiger partial charge < -0.3 is 15.0 Å². The van der Waals surface area contributed by atoms with Crippen molar-refractivity contribution in [3.05, 3.63) is 49.0 Å². The van der Waals surface area contributed by atoms with Crippen molar-refractivity contribution in [3.63, 3.8) is 0 Å². The number of nitrogens with zero attached hydrogens (tertiary/aromatic N) is 1. The number of likely N-dealkylation sites (N-methyl/N-ethyl adjacent to an activating group) is 1. The van der Waals surface area contributed by atoms with Crippen LogP contribution in [0.3, 0.4) is 0 Å². The van der Waals surface area contributed by atoms with Gasteiger partial charge in [0.25, 0.3) is 5.91 Å². The number of rotatable bonds is 8. The molecule has 1 N–H and O–H groups in total. The van der Waals surface area contributed by atoms with Crippen LogP contribution >= 0.6 is 50.5 Å². The molecule has 26 heavy (non-hydrogen) atoms. The lowest BCUT2D eigenvalue weighted by Gasteiger charge is -2.16. The molecule has 0 bridgehead atoms. The molecule has 0 aliphatic carbocycles. The second-order valence-corrected chi connectivity index (χ2v) is 8.70. The van der Waals surface area contributed by atoms with Crippen LogP contribution in [0.25, 0.3) is 0 Å². The molecule has 0 aliphatic rings. The average molecular weight is 480 g/mol. The smallest absolute Gasteiger partial charge is 0.264 e. The van der Waals surface area contributed by atoms with Gasteiger partial charge in [0, 0.05) is 18.6 Å². The van der Waals surface area contributed by atoms with E-state index >= 15 is 0 Å². The molecule has 0 atom stereocenters. The molecule has 2 aromatic rings. The largest absolute Gasteiger partial charge is 0.492 e. The van der Waals surface area contributed by atoms with E-state index in [0.717, 1.165) is 3.79 Å². The van der Waals surface area contributed by atoms with Crippen LogP contribution in [0.15, 0.2) is 34.1 Å². The van der Waals surface area contributed by atoms with Gasteiger partial charge in [-0.25, -0.2) is 0 Å². The molecule has 0 aliphatic heterocycles. The number of amides is 2. The van der Waals surface area contributed by atoms with E-state index in [1.807, 2.05) is 0 Å². The van der Waals surface area contributed by atoms with Gasteiger partial charge in [-0.1, -0.05) is 23.2 Å². The first-order chi connectivity index (χ1) is 12.4. The van der Waals surface area contributed by atoms with E-state index in [9.17, 15) is 9.59 Å². The lowest BCUT2D eigenvalue weighted by molar-refractivity contribution is -0.121. The standard InChI is InChI=1S/C17H17BrCl2N2O3S/c1-22(17(24)14-5-6-15(18)26-14)10-16(23)21-7-2-8-25-13-4-3-11(19)9-12(13)20/h3-6,9H,2,7-8,10H2,1H3,(H,21,23). The van der Waals surface area contributed by atoms with E-state index in [2.05, 4.69) is 21.2 Å². The number of thiophene rings is 1. The van der Waals surface area contributed by atoms with Gasteiger partial charge in [-0.2, -0.15) is 0 Å². The fraction of sp³-hybridized carbons (Fsp3) is 0.294. The van der Waals surface area contributed by atoms with Crippen LogP contribution in [0.5, 0.6) is 5.75 Å². The average Bonchev–Trinajstić information content (AvgIpc) is 3.02. The van der Waals surface area contributed by atoms with Gasteiger partial charge in [-0.3, -0.25) is 9.59 Å². The van der Waals surface area contributed by atoms with Gasteiger partial charge in [0.15, 0.2) is 0 Å². The van der Waals surface area contributed by atoms with Crippen LogP contribution in [-0.4, -0.2) is 43.5 Å². The summed E-state index contributed by atoms with van der Waals surface area (Å²) >= 11 is 16.5. The third-order valence-corrected chi connectivity index (χ3v) is 5.45. The lowest BCUT2D eigenvalue weighted by atomic mass is 10.3. The minimum atomic E-state index is -0.221. The molecule has 0 fully saturated rings. The number of carbonyl (C=O) groups is 2. The Morgan fingerprint density at radius 2 is 2.04 bits per heavy atom. The van der Waals surface area contributed by atoms with Crippen molar-refractivity contribution in [1.82, 2.24) is 10.2 Å². The van der Waals surface area contributed by atoms with Gasteiger partial charge in [0.2, 0.25) is 5.91 Å². The summed E-state index contributed by atoms with van der Waals surface area (Å²) in [5.41, 5.74) is 0. The van der Waals surface area contributed by atoms with Crippen LogP contribution in [0.1, 0.15) is 16.1 Å². The highest BCUT2D eigenvalue weighted by Crippen LogP contribution is 2.27. The van der Waals surface area contributed by atoms with Crippen molar-refractivity contribution in [2.24, 2.45) is 0 Å². The molecule has 1 aromatic heterocycles. The third-order valence-electron chi connectivity index (χ3n) is 3.31. The van der Waals surface area contributed by atoms with E-state index in [1.54, 1.807) is 37.4 Å². The number of halogens is 3. The number of hydrogen-bond acceptors (Lipinski definition) is 4. The van der Waals surface area contributed by atoms with E-state index in [0.29, 0.717) is 40.2 Å². The van der Waals surface area contributed by atoms with Crippen molar-refractivity contribution >= 4 is 62.3 Å². The minimum Gasteiger partial charge on any atom is -0.492 e. The highest BCUT2D eigenvalue weighted by molar-refractivity contribution is 9.11. The first-order valence-electron chi connectivity index (χ1n) is 7.72. The summed E-state index contributed by atoms with van der Waals surface area (Å²) in [5.74, 6) is 0.146. The monoisotopic (exact) mass is 478 g/mol. The molecule has 1 aromatic carbocycles. The summed E-state index contributed by atoms with van der Waals surface area (Å²) in [7, 11) is 1.60. The van der Waals surface area contributed by atoms with E-state index < -0.39 is 0 Å². The molecule has 1 heterocycles. The van der Waals surface area contributed by atoms with Crippen molar-refractivity contribution in [1.29, 1.82) is 0 Å². The molecule has 0 saturated heterocycles. The molecule has 2 amide bonds. The van der Waals surface area contributed by atoms with Gasteiger partial charge in [0.1, 0.15) is 5.75 Å². The zero-order chi connectivity index (χ0) is 19.1. The van der Waals surface area contributed by atoms with Crippen molar-refractivity contribution in [2.45, 2.75) is 6.42 Å². The molecule has 0 spiro atoms. The summed E-state index contributed by atoms with van der Waals surface area (Å²) in [6.45, 7) is 0.842. The van der Waals surface area contributed by atoms with E-state index in [4.69, 9.17) is 27.9 Å². The Kier molecular flexibility index (Phi) is 8.21. The van der Waals surface area contributed by atoms with Gasteiger partial charge in [0.05, 0.1) is 26.8 Å². The second kappa shape index (κ2) is 10.2. The SMILES string of the molecule is CN(CC(=O)NCCCOc1ccc(Cl)cc1Cl)C(=O)c1ccc(Br)s1. The Morgan fingerprint density at radius 3 is 2.69 bits per heavy atom. The lowest BCUT2D eigenvalue weighted by Crippen LogP contribution is -2.38. The van der Waals surface area contributed by atoms with Gasteiger partial charge in [-0.05, 0) is 52.7 Å². The molecule has 0 radical (unpaired) electrons. The summed E-state index contributed by atoms with van der Waals surface area (Å²) in [6.07, 6.45) is 0.611. The maximum absolute atomic E-state index is 12.2. The minimum absolute atomic E-state index is 0.00176. The number of nitrogens with one attached hydrogen (secondary N) is 1. The Balaban J connectivity index is 1.66. The summed E-state index contributed by atoms with van der Waals surface area (Å²) in [4.78, 5) is 26.1. The van der Waals surface area contributed by atoms with E-state index in [1.165, 1.54) is 16.2 Å². The Morgan fingerprint density at radius 1 is 1.27 bits per heavy atom. The molecular formula is C17H17BrCl2N2O3S. The predicted molar refractivity (Wildman–Crippen MR) is 109 cm³/mol. The molecule has 5 nitrogen and oxygen atoms in total. The topological polar surface area (TPSA) is 58.6 Å². The third kappa shape index (κ3) is 6.46. The molecule has 0 unspecified atom stereocenters. The van der Waals surface area contributed by atoms with Crippen molar-refractivity contribution in [2.75, 3.05) is 26.7 Å². The van der Waals surface area contributed by atoms with Crippen molar-refractivity contribution in [3.8, 4) is 5.75 Å². The van der Waals surface area contributed by atoms with Crippen LogP contribution in [0.2, 0.25) is 10.0 Å². The molecule has 2 rings (SSSR count). The number of carbonyl (C=O) groups excluding carboxylic acids is 2. The second-order valence-electron chi connectivity index (χ2n) is 5.39. The molecular weight excluding hydrogens is 463 g/mol. The quantitative estimate of drug-likeness (QED) is 0.568. The van der Waals surface area contributed by atoms with Crippen LogP contribution in [0.4, 0.5) is 0 Å². The first kappa shape index (κ1) is 21.0. The maximum Gasteiger partial charge on any atom is 0.264 e. The van der Waals surface area contributed by atoms with Gasteiger partial charge in [-0.15, -0.1) is 11.3 Å². The Labute approximate surface area is 174 Å². The zero-order valence-electron chi connectivity index (χ0n) is 13.9. The summed E-state index contributed by atoms with van der Waals surface area (Å²) < 4.78 is 6.42. The molecule has 140 valence electrons. The number of benzene rings is 1. The predicted octanol–water partition coefficient (Wildman–Crippen LogP) is 4.47. The normalized spacial score (nSPS) is 10.5. The highest BCUT2D eigenvalue weighted by Gasteiger charge is 2.16. The first-order valence-corrected chi connectivity index (χ1v) is 10.1. The van der Waals surface area contributed by atoms with E-state index in [-0.39, 0.29) is 18.4 Å². The van der Waals surface area contributed by atoms with Crippen molar-refractivity contribution < 1.29 is 14.3 Å². The zero-order valence-corrected chi connectivity index (χ0v) is 17.8. The molecule has 9 heteroatoms. The maximum atomic E-state index is 12.2. The highest BCUT2D eigenvalue weighted by atomic mass is 79.9. The van der Waals surface area contributed by atoms with Gasteiger partial charge >= 0.3 is 0 Å². The fourth-order valence-electron chi connectivity index (χ4n) is 2.03. The number of hydrogen-bond donors (Lipinski definition) is 1. The van der Waals surface area contributed by atoms with Crippen LogP contribution in [-0.2, 0) is 4.79 Å². The van der Waals surface area contributed by atoms with Crippen LogP contribution in [0, 0.1) is 0 Å². The number of ether oxygens (including phenoxy) is 1.